The number of hydrogen-bond donors (Lipinski definition) is 5. The molecular formula is C11H12N2O6. The third-order valence-corrected chi connectivity index (χ3v) is 2.25. The first kappa shape index (κ1) is 14.3. The van der Waals surface area contributed by atoms with Crippen molar-refractivity contribution in [1.29, 1.82) is 0 Å². The fraction of sp³-hybridized carbons (Fsp3) is 0.182. The van der Waals surface area contributed by atoms with E-state index in [1.165, 1.54) is 12.1 Å². The van der Waals surface area contributed by atoms with Gasteiger partial charge in [-0.3, -0.25) is 9.59 Å². The van der Waals surface area contributed by atoms with Crippen LogP contribution in [0.4, 0.5) is 5.69 Å². The molecule has 0 aromatic heterocycles. The van der Waals surface area contributed by atoms with Crippen molar-refractivity contribution in [2.75, 3.05) is 5.73 Å². The number of carboxylic acids is 2. The zero-order valence-corrected chi connectivity index (χ0v) is 9.66. The molecule has 6 N–H and O–H groups in total. The van der Waals surface area contributed by atoms with Crippen LogP contribution in [-0.2, 0) is 9.59 Å². The molecule has 0 spiro atoms. The maximum atomic E-state index is 11.7. The number of hydrogen-bond acceptors (Lipinski definition) is 5. The number of benzene rings is 1. The molecular weight excluding hydrogens is 256 g/mol. The average Bonchev–Trinajstić information content (AvgIpc) is 2.30. The van der Waals surface area contributed by atoms with Gasteiger partial charge in [0.25, 0.3) is 5.91 Å². The number of carboxylic acid groups (broad SMARTS) is 2. The van der Waals surface area contributed by atoms with Gasteiger partial charge in [-0.1, -0.05) is 0 Å². The van der Waals surface area contributed by atoms with E-state index in [9.17, 15) is 19.5 Å². The van der Waals surface area contributed by atoms with Gasteiger partial charge >= 0.3 is 11.9 Å². The minimum atomic E-state index is -1.59. The first-order valence-corrected chi connectivity index (χ1v) is 5.15. The number of carbonyl (C=O) groups excluding carboxylic acids is 1. The molecule has 8 heteroatoms. The number of phenols is 1. The molecule has 0 radical (unpaired) electrons. The molecule has 1 aromatic carbocycles. The van der Waals surface area contributed by atoms with Crippen LogP contribution in [0.25, 0.3) is 0 Å². The number of aliphatic carboxylic acids is 2. The number of phenolic OH excluding ortho intramolecular Hbond substituents is 1. The summed E-state index contributed by atoms with van der Waals surface area (Å²) in [6, 6.07) is 2.10. The van der Waals surface area contributed by atoms with Crippen molar-refractivity contribution >= 4 is 23.5 Å². The Labute approximate surface area is 107 Å². The maximum absolute atomic E-state index is 11.7. The Morgan fingerprint density at radius 2 is 1.89 bits per heavy atom. The van der Waals surface area contributed by atoms with Crippen molar-refractivity contribution in [3.8, 4) is 5.75 Å². The number of nitrogens with two attached hydrogens (primary N) is 1. The third-order valence-electron chi connectivity index (χ3n) is 2.25. The molecule has 1 amide bonds. The van der Waals surface area contributed by atoms with Crippen molar-refractivity contribution < 1.29 is 29.7 Å². The van der Waals surface area contributed by atoms with Gasteiger partial charge in [-0.05, 0) is 18.2 Å². The second-order valence-corrected chi connectivity index (χ2v) is 3.74. The standard InChI is InChI=1S/C11H12N2O6/c12-5-1-2-8(14)6(3-5)10(17)13-7(11(18)19)4-9(15)16/h1-3,7,14H,4,12H2,(H,13,17)(H,15,16)(H,18,19)/t7-/m0/s1. The summed E-state index contributed by atoms with van der Waals surface area (Å²) < 4.78 is 0. The van der Waals surface area contributed by atoms with Gasteiger partial charge in [0.1, 0.15) is 11.8 Å². The SMILES string of the molecule is Nc1ccc(O)c(C(=O)N[C@@H](CC(=O)O)C(=O)O)c1. The summed E-state index contributed by atoms with van der Waals surface area (Å²) in [7, 11) is 0. The van der Waals surface area contributed by atoms with Crippen molar-refractivity contribution in [2.45, 2.75) is 12.5 Å². The van der Waals surface area contributed by atoms with E-state index in [1.54, 1.807) is 0 Å². The highest BCUT2D eigenvalue weighted by atomic mass is 16.4. The average molecular weight is 268 g/mol. The van der Waals surface area contributed by atoms with Gasteiger partial charge in [0.05, 0.1) is 12.0 Å². The van der Waals surface area contributed by atoms with Crippen molar-refractivity contribution in [1.82, 2.24) is 5.32 Å². The zero-order valence-electron chi connectivity index (χ0n) is 9.66. The summed E-state index contributed by atoms with van der Waals surface area (Å²) in [4.78, 5) is 33.0. The number of nitrogens with one attached hydrogen (secondary N) is 1. The fourth-order valence-electron chi connectivity index (χ4n) is 1.35. The van der Waals surface area contributed by atoms with E-state index in [0.29, 0.717) is 0 Å². The maximum Gasteiger partial charge on any atom is 0.326 e. The van der Waals surface area contributed by atoms with Crippen LogP contribution in [0, 0.1) is 0 Å². The lowest BCUT2D eigenvalue weighted by atomic mass is 10.1. The molecule has 1 atom stereocenters. The van der Waals surface area contributed by atoms with Crippen LogP contribution in [0.1, 0.15) is 16.8 Å². The molecule has 8 nitrogen and oxygen atoms in total. The highest BCUT2D eigenvalue weighted by Crippen LogP contribution is 2.19. The molecule has 0 heterocycles. The third kappa shape index (κ3) is 3.87. The molecule has 0 aliphatic carbocycles. The molecule has 0 saturated carbocycles. The Bertz CT molecular complexity index is 528. The topological polar surface area (TPSA) is 150 Å². The van der Waals surface area contributed by atoms with Gasteiger partial charge in [0.2, 0.25) is 0 Å². The van der Waals surface area contributed by atoms with Crippen LogP contribution >= 0.6 is 0 Å². The van der Waals surface area contributed by atoms with Gasteiger partial charge in [-0.15, -0.1) is 0 Å². The Morgan fingerprint density at radius 3 is 2.42 bits per heavy atom. The van der Waals surface area contributed by atoms with Crippen molar-refractivity contribution in [3.63, 3.8) is 0 Å². The van der Waals surface area contributed by atoms with Crippen LogP contribution < -0.4 is 11.1 Å². The quantitative estimate of drug-likeness (QED) is 0.361. The monoisotopic (exact) mass is 268 g/mol. The minimum absolute atomic E-state index is 0.202. The smallest absolute Gasteiger partial charge is 0.326 e. The van der Waals surface area contributed by atoms with E-state index in [-0.39, 0.29) is 17.0 Å². The second-order valence-electron chi connectivity index (χ2n) is 3.74. The normalized spacial score (nSPS) is 11.6. The van der Waals surface area contributed by atoms with E-state index in [0.717, 1.165) is 6.07 Å². The lowest BCUT2D eigenvalue weighted by Gasteiger charge is -2.13. The molecule has 102 valence electrons. The highest BCUT2D eigenvalue weighted by Gasteiger charge is 2.24. The first-order valence-electron chi connectivity index (χ1n) is 5.15. The van der Waals surface area contributed by atoms with E-state index < -0.39 is 30.3 Å². The van der Waals surface area contributed by atoms with Crippen molar-refractivity contribution in [2.24, 2.45) is 0 Å². The predicted molar refractivity (Wildman–Crippen MR) is 63.7 cm³/mol. The largest absolute Gasteiger partial charge is 0.507 e. The number of aromatic hydroxyl groups is 1. The highest BCUT2D eigenvalue weighted by molar-refractivity contribution is 6.00. The summed E-state index contributed by atoms with van der Waals surface area (Å²) in [5.74, 6) is -4.16. The molecule has 0 aliphatic heterocycles. The number of anilines is 1. The van der Waals surface area contributed by atoms with Crippen LogP contribution in [0.3, 0.4) is 0 Å². The molecule has 0 fully saturated rings. The molecule has 1 rings (SSSR count). The number of carbonyl (C=O) groups is 3. The predicted octanol–water partition coefficient (Wildman–Crippen LogP) is -0.368. The Hall–Kier alpha value is -2.77. The lowest BCUT2D eigenvalue weighted by Crippen LogP contribution is -2.42. The molecule has 0 aliphatic rings. The van der Waals surface area contributed by atoms with E-state index in [4.69, 9.17) is 15.9 Å². The summed E-state index contributed by atoms with van der Waals surface area (Å²) in [5, 5.41) is 28.8. The van der Waals surface area contributed by atoms with E-state index in [1.807, 2.05) is 5.32 Å². The first-order chi connectivity index (χ1) is 8.81. The molecule has 0 bridgehead atoms. The van der Waals surface area contributed by atoms with E-state index >= 15 is 0 Å². The lowest BCUT2D eigenvalue weighted by molar-refractivity contribution is -0.145. The van der Waals surface area contributed by atoms with Crippen LogP contribution in [0.15, 0.2) is 18.2 Å². The molecule has 0 saturated heterocycles. The Morgan fingerprint density at radius 1 is 1.26 bits per heavy atom. The fourth-order valence-corrected chi connectivity index (χ4v) is 1.35. The summed E-state index contributed by atoms with van der Waals surface area (Å²) in [6.07, 6.45) is -0.774. The molecule has 19 heavy (non-hydrogen) atoms. The van der Waals surface area contributed by atoms with E-state index in [2.05, 4.69) is 0 Å². The zero-order chi connectivity index (χ0) is 14.6. The Balaban J connectivity index is 2.90. The molecule has 0 unspecified atom stereocenters. The van der Waals surface area contributed by atoms with Crippen LogP contribution in [0.5, 0.6) is 5.75 Å². The van der Waals surface area contributed by atoms with Gasteiger partial charge < -0.3 is 26.4 Å². The minimum Gasteiger partial charge on any atom is -0.507 e. The van der Waals surface area contributed by atoms with Gasteiger partial charge in [-0.25, -0.2) is 4.79 Å². The Kier molecular flexibility index (Phi) is 4.30. The van der Waals surface area contributed by atoms with Gasteiger partial charge in [-0.2, -0.15) is 0 Å². The number of nitrogen functional groups attached to an aromatic ring is 1. The summed E-state index contributed by atoms with van der Waals surface area (Å²) >= 11 is 0. The summed E-state index contributed by atoms with van der Waals surface area (Å²) in [5.41, 5.74) is 5.41. The van der Waals surface area contributed by atoms with Crippen LogP contribution in [0.2, 0.25) is 0 Å². The van der Waals surface area contributed by atoms with Crippen LogP contribution in [-0.4, -0.2) is 39.2 Å². The van der Waals surface area contributed by atoms with Crippen molar-refractivity contribution in [3.05, 3.63) is 23.8 Å². The summed E-state index contributed by atoms with van der Waals surface area (Å²) in [6.45, 7) is 0. The number of amides is 1. The van der Waals surface area contributed by atoms with Gasteiger partial charge in [0, 0.05) is 5.69 Å². The number of rotatable bonds is 5. The molecule has 1 aromatic rings. The second kappa shape index (κ2) is 5.71. The van der Waals surface area contributed by atoms with Gasteiger partial charge in [0.15, 0.2) is 0 Å².